The fraction of sp³-hybridized carbons (Fsp3) is 0.357. The van der Waals surface area contributed by atoms with Gasteiger partial charge in [0.15, 0.2) is 0 Å². The number of likely N-dealkylation sites (tertiary alicyclic amines) is 1. The van der Waals surface area contributed by atoms with Gasteiger partial charge in [-0.05, 0) is 24.3 Å². The number of aliphatic hydroxyl groups is 1. The summed E-state index contributed by atoms with van der Waals surface area (Å²) in [6.45, 7) is 3.15. The van der Waals surface area contributed by atoms with Crippen molar-refractivity contribution in [1.29, 1.82) is 0 Å². The molecule has 0 unspecified atom stereocenters. The van der Waals surface area contributed by atoms with Crippen molar-refractivity contribution in [3.8, 4) is 11.3 Å². The Labute approximate surface area is 209 Å². The van der Waals surface area contributed by atoms with Crippen LogP contribution in [-0.4, -0.2) is 53.9 Å². The minimum absolute atomic E-state index is 0.0981. The normalized spacial score (nSPS) is 16.2. The fourth-order valence-corrected chi connectivity index (χ4v) is 5.07. The summed E-state index contributed by atoms with van der Waals surface area (Å²) in [6, 6.07) is 17.4. The Morgan fingerprint density at radius 3 is 2.58 bits per heavy atom. The van der Waals surface area contributed by atoms with E-state index in [2.05, 4.69) is 17.0 Å². The maximum atomic E-state index is 12.9. The third kappa shape index (κ3) is 4.81. The van der Waals surface area contributed by atoms with Crippen LogP contribution in [0.25, 0.3) is 22.2 Å². The molecule has 0 bridgehead atoms. The third-order valence-electron chi connectivity index (χ3n) is 7.28. The lowest BCUT2D eigenvalue weighted by molar-refractivity contribution is -0.136. The number of carbonyl (C=O) groups excluding carboxylic acids is 1. The van der Waals surface area contributed by atoms with Gasteiger partial charge in [0, 0.05) is 43.6 Å². The molecule has 186 valence electrons. The Morgan fingerprint density at radius 1 is 1.11 bits per heavy atom. The average molecular weight is 486 g/mol. The number of carbonyl (C=O) groups is 1. The number of piperidine rings is 1. The maximum absolute atomic E-state index is 12.9. The number of rotatable bonds is 6. The van der Waals surface area contributed by atoms with Crippen LogP contribution in [0, 0.1) is 0 Å². The molecule has 1 N–H and O–H groups in total. The molecule has 1 aliphatic heterocycles. The highest BCUT2D eigenvalue weighted by molar-refractivity contribution is 5.92. The molecule has 8 nitrogen and oxygen atoms in total. The number of amides is 1. The molecule has 2 aromatic carbocycles. The van der Waals surface area contributed by atoms with Crippen LogP contribution in [0.3, 0.4) is 0 Å². The number of aromatic nitrogens is 4. The van der Waals surface area contributed by atoms with Crippen molar-refractivity contribution in [2.75, 3.05) is 13.1 Å². The van der Waals surface area contributed by atoms with Gasteiger partial charge in [-0.1, -0.05) is 55.5 Å². The van der Waals surface area contributed by atoms with Crippen LogP contribution in [0.15, 0.2) is 71.9 Å². The summed E-state index contributed by atoms with van der Waals surface area (Å²) in [5, 5.41) is 16.5. The van der Waals surface area contributed by atoms with E-state index in [0.29, 0.717) is 38.0 Å². The van der Waals surface area contributed by atoms with E-state index < -0.39 is 5.60 Å². The second-order valence-corrected chi connectivity index (χ2v) is 9.87. The minimum Gasteiger partial charge on any atom is -0.388 e. The summed E-state index contributed by atoms with van der Waals surface area (Å²) >= 11 is 0. The van der Waals surface area contributed by atoms with Crippen LogP contribution in [0.4, 0.5) is 0 Å². The van der Waals surface area contributed by atoms with Gasteiger partial charge in [-0.15, -0.1) is 0 Å². The summed E-state index contributed by atoms with van der Waals surface area (Å²) in [5.41, 5.74) is 2.20. The van der Waals surface area contributed by atoms with E-state index in [-0.39, 0.29) is 23.9 Å². The van der Waals surface area contributed by atoms with Crippen LogP contribution in [0.1, 0.15) is 37.7 Å². The van der Waals surface area contributed by atoms with Gasteiger partial charge in [-0.2, -0.15) is 5.10 Å². The van der Waals surface area contributed by atoms with Crippen LogP contribution in [0.5, 0.6) is 0 Å². The predicted molar refractivity (Wildman–Crippen MR) is 138 cm³/mol. The summed E-state index contributed by atoms with van der Waals surface area (Å²) in [5.74, 6) is 0.237. The number of aryl methyl sites for hydroxylation is 1. The number of para-hydroxylation sites is 1. The molecule has 2 aromatic heterocycles. The van der Waals surface area contributed by atoms with Crippen molar-refractivity contribution in [1.82, 2.24) is 24.2 Å². The SMILES string of the molecule is C[C@H](CC(=O)N1CCC(O)(Cn2cnc(-c3cccc4cnn(C)c34)cc2=O)CC1)c1ccccc1. The predicted octanol–water partition coefficient (Wildman–Crippen LogP) is 3.34. The second-order valence-electron chi connectivity index (χ2n) is 9.87. The first-order chi connectivity index (χ1) is 17.3. The third-order valence-corrected chi connectivity index (χ3v) is 7.28. The average Bonchev–Trinajstić information content (AvgIpc) is 3.27. The smallest absolute Gasteiger partial charge is 0.253 e. The first-order valence-electron chi connectivity index (χ1n) is 12.4. The summed E-state index contributed by atoms with van der Waals surface area (Å²) in [6.07, 6.45) is 4.57. The van der Waals surface area contributed by atoms with E-state index in [1.54, 1.807) is 10.9 Å². The highest BCUT2D eigenvalue weighted by Gasteiger charge is 2.35. The van der Waals surface area contributed by atoms with Crippen molar-refractivity contribution in [2.45, 2.75) is 44.2 Å². The molecule has 5 rings (SSSR count). The zero-order valence-electron chi connectivity index (χ0n) is 20.7. The number of hydrogen-bond acceptors (Lipinski definition) is 5. The summed E-state index contributed by atoms with van der Waals surface area (Å²) in [7, 11) is 1.86. The Bertz CT molecular complexity index is 1430. The molecule has 8 heteroatoms. The first kappa shape index (κ1) is 23.9. The maximum Gasteiger partial charge on any atom is 0.253 e. The van der Waals surface area contributed by atoms with Crippen LogP contribution in [-0.2, 0) is 18.4 Å². The lowest BCUT2D eigenvalue weighted by Crippen LogP contribution is -2.49. The van der Waals surface area contributed by atoms with E-state index in [4.69, 9.17) is 0 Å². The molecular weight excluding hydrogens is 454 g/mol. The van der Waals surface area contributed by atoms with Crippen LogP contribution in [0.2, 0.25) is 0 Å². The van der Waals surface area contributed by atoms with Crippen molar-refractivity contribution >= 4 is 16.8 Å². The Kier molecular flexibility index (Phi) is 6.45. The van der Waals surface area contributed by atoms with E-state index in [1.165, 1.54) is 17.0 Å². The number of benzene rings is 2. The minimum atomic E-state index is -1.06. The van der Waals surface area contributed by atoms with E-state index >= 15 is 0 Å². The number of nitrogens with zero attached hydrogens (tertiary/aromatic N) is 5. The summed E-state index contributed by atoms with van der Waals surface area (Å²) in [4.78, 5) is 32.1. The van der Waals surface area contributed by atoms with Gasteiger partial charge in [-0.3, -0.25) is 18.8 Å². The molecule has 0 spiro atoms. The van der Waals surface area contributed by atoms with Gasteiger partial charge < -0.3 is 10.0 Å². The van der Waals surface area contributed by atoms with Gasteiger partial charge in [-0.25, -0.2) is 4.98 Å². The molecule has 0 saturated carbocycles. The van der Waals surface area contributed by atoms with Gasteiger partial charge >= 0.3 is 0 Å². The fourth-order valence-electron chi connectivity index (χ4n) is 5.07. The molecule has 1 fully saturated rings. The van der Waals surface area contributed by atoms with E-state index in [1.807, 2.05) is 60.5 Å². The molecule has 1 atom stereocenters. The monoisotopic (exact) mass is 485 g/mol. The van der Waals surface area contributed by atoms with Crippen LogP contribution < -0.4 is 5.56 Å². The van der Waals surface area contributed by atoms with Gasteiger partial charge in [0.05, 0.1) is 35.9 Å². The molecule has 1 amide bonds. The molecule has 1 aliphatic rings. The molecule has 1 saturated heterocycles. The molecule has 3 heterocycles. The quantitative estimate of drug-likeness (QED) is 0.452. The van der Waals surface area contributed by atoms with Gasteiger partial charge in [0.25, 0.3) is 5.56 Å². The first-order valence-corrected chi connectivity index (χ1v) is 12.4. The van der Waals surface area contributed by atoms with Crippen molar-refractivity contribution < 1.29 is 9.90 Å². The topological polar surface area (TPSA) is 93.2 Å². The Hall–Kier alpha value is -3.78. The zero-order chi connectivity index (χ0) is 25.3. The molecular formula is C28H31N5O3. The highest BCUT2D eigenvalue weighted by Crippen LogP contribution is 2.28. The van der Waals surface area contributed by atoms with Crippen molar-refractivity contribution in [3.63, 3.8) is 0 Å². The second kappa shape index (κ2) is 9.70. The standard InChI is InChI=1S/C28H31N5O3/c1-20(21-7-4-3-5-8-21)15-25(34)32-13-11-28(36,12-14-32)18-33-19-29-24(16-26(33)35)23-10-6-9-22-17-30-31(2)27(22)23/h3-10,16-17,19-20,36H,11-15,18H2,1-2H3/t20-/m1/s1. The van der Waals surface area contributed by atoms with Crippen molar-refractivity contribution in [2.24, 2.45) is 7.05 Å². The lowest BCUT2D eigenvalue weighted by Gasteiger charge is -2.38. The number of hydrogen-bond donors (Lipinski definition) is 1. The largest absolute Gasteiger partial charge is 0.388 e. The van der Waals surface area contributed by atoms with Gasteiger partial charge in [0.1, 0.15) is 0 Å². The van der Waals surface area contributed by atoms with Crippen LogP contribution >= 0.6 is 0 Å². The number of fused-ring (bicyclic) bond motifs is 1. The van der Waals surface area contributed by atoms with E-state index in [9.17, 15) is 14.7 Å². The summed E-state index contributed by atoms with van der Waals surface area (Å²) < 4.78 is 3.23. The van der Waals surface area contributed by atoms with E-state index in [0.717, 1.165) is 22.0 Å². The van der Waals surface area contributed by atoms with Crippen molar-refractivity contribution in [3.05, 3.63) is 83.0 Å². The zero-order valence-corrected chi connectivity index (χ0v) is 20.7. The highest BCUT2D eigenvalue weighted by atomic mass is 16.3. The van der Waals surface area contributed by atoms with Gasteiger partial charge in [0.2, 0.25) is 5.91 Å². The Balaban J connectivity index is 1.24. The molecule has 36 heavy (non-hydrogen) atoms. The lowest BCUT2D eigenvalue weighted by atomic mass is 9.90. The molecule has 0 aliphatic carbocycles. The molecule has 4 aromatic rings. The molecule has 0 radical (unpaired) electrons. The Morgan fingerprint density at radius 2 is 1.86 bits per heavy atom.